The Morgan fingerprint density at radius 2 is 1.87 bits per heavy atom. The van der Waals surface area contributed by atoms with Gasteiger partial charge in [0.1, 0.15) is 0 Å². The van der Waals surface area contributed by atoms with Crippen molar-refractivity contribution in [1.29, 1.82) is 0 Å². The second kappa shape index (κ2) is 6.00. The Bertz CT molecular complexity index is 301. The highest BCUT2D eigenvalue weighted by atomic mass is 15.2. The van der Waals surface area contributed by atoms with E-state index in [1.54, 1.807) is 7.05 Å². The van der Waals surface area contributed by atoms with E-state index in [0.29, 0.717) is 11.9 Å². The largest absolute Gasteiger partial charge is 0.368 e. The first kappa shape index (κ1) is 11.5. The zero-order valence-electron chi connectivity index (χ0n) is 9.25. The lowest BCUT2D eigenvalue weighted by Gasteiger charge is -2.06. The minimum atomic E-state index is 0.229. The van der Waals surface area contributed by atoms with Crippen molar-refractivity contribution in [1.82, 2.24) is 15.0 Å². The SMILES string of the molecule is CCCCCNc1nc(N)nc(NC)n1. The van der Waals surface area contributed by atoms with E-state index >= 15 is 0 Å². The molecule has 0 bridgehead atoms. The van der Waals surface area contributed by atoms with Crippen LogP contribution in [0.2, 0.25) is 0 Å². The van der Waals surface area contributed by atoms with Gasteiger partial charge < -0.3 is 16.4 Å². The summed E-state index contributed by atoms with van der Waals surface area (Å²) >= 11 is 0. The van der Waals surface area contributed by atoms with Gasteiger partial charge in [-0.3, -0.25) is 0 Å². The van der Waals surface area contributed by atoms with Crippen molar-refractivity contribution in [2.75, 3.05) is 30.0 Å². The van der Waals surface area contributed by atoms with Gasteiger partial charge in [0.15, 0.2) is 0 Å². The lowest BCUT2D eigenvalue weighted by molar-refractivity contribution is 0.740. The third kappa shape index (κ3) is 3.97. The molecule has 6 heteroatoms. The van der Waals surface area contributed by atoms with Gasteiger partial charge in [-0.1, -0.05) is 19.8 Å². The van der Waals surface area contributed by atoms with Crippen LogP contribution >= 0.6 is 0 Å². The normalized spacial score (nSPS) is 10.0. The average molecular weight is 210 g/mol. The van der Waals surface area contributed by atoms with E-state index in [9.17, 15) is 0 Å². The number of nitrogens with two attached hydrogens (primary N) is 1. The van der Waals surface area contributed by atoms with Crippen LogP contribution in [0.15, 0.2) is 0 Å². The number of anilines is 3. The molecule has 15 heavy (non-hydrogen) atoms. The Kier molecular flexibility index (Phi) is 4.59. The van der Waals surface area contributed by atoms with Crippen molar-refractivity contribution < 1.29 is 0 Å². The fraction of sp³-hybridized carbons (Fsp3) is 0.667. The maximum Gasteiger partial charge on any atom is 0.229 e. The smallest absolute Gasteiger partial charge is 0.229 e. The Balaban J connectivity index is 2.49. The van der Waals surface area contributed by atoms with Crippen molar-refractivity contribution in [3.63, 3.8) is 0 Å². The summed E-state index contributed by atoms with van der Waals surface area (Å²) in [4.78, 5) is 12.0. The molecule has 4 N–H and O–H groups in total. The van der Waals surface area contributed by atoms with Crippen LogP contribution in [-0.2, 0) is 0 Å². The third-order valence-electron chi connectivity index (χ3n) is 1.94. The van der Waals surface area contributed by atoms with E-state index in [1.165, 1.54) is 12.8 Å². The first-order chi connectivity index (χ1) is 7.26. The number of hydrogen-bond acceptors (Lipinski definition) is 6. The zero-order valence-corrected chi connectivity index (χ0v) is 9.25. The highest BCUT2D eigenvalue weighted by Gasteiger charge is 2.01. The van der Waals surface area contributed by atoms with Crippen LogP contribution < -0.4 is 16.4 Å². The lowest BCUT2D eigenvalue weighted by atomic mass is 10.2. The number of nitrogen functional groups attached to an aromatic ring is 1. The van der Waals surface area contributed by atoms with Gasteiger partial charge >= 0.3 is 0 Å². The maximum absolute atomic E-state index is 5.52. The van der Waals surface area contributed by atoms with Crippen LogP contribution in [0.5, 0.6) is 0 Å². The van der Waals surface area contributed by atoms with E-state index < -0.39 is 0 Å². The maximum atomic E-state index is 5.52. The second-order valence-electron chi connectivity index (χ2n) is 3.22. The lowest BCUT2D eigenvalue weighted by Crippen LogP contribution is -2.10. The van der Waals surface area contributed by atoms with E-state index in [-0.39, 0.29) is 5.95 Å². The van der Waals surface area contributed by atoms with E-state index in [1.807, 2.05) is 0 Å². The van der Waals surface area contributed by atoms with Crippen molar-refractivity contribution >= 4 is 17.8 Å². The second-order valence-corrected chi connectivity index (χ2v) is 3.22. The van der Waals surface area contributed by atoms with Gasteiger partial charge in [0.25, 0.3) is 0 Å². The van der Waals surface area contributed by atoms with Gasteiger partial charge in [-0.05, 0) is 6.42 Å². The summed E-state index contributed by atoms with van der Waals surface area (Å²) in [5, 5.41) is 5.94. The van der Waals surface area contributed by atoms with Gasteiger partial charge in [0.05, 0.1) is 0 Å². The molecule has 1 aromatic heterocycles. The first-order valence-electron chi connectivity index (χ1n) is 5.19. The molecular formula is C9H18N6. The molecular weight excluding hydrogens is 192 g/mol. The Morgan fingerprint density at radius 1 is 1.13 bits per heavy atom. The molecule has 0 atom stereocenters. The number of rotatable bonds is 6. The summed E-state index contributed by atoms with van der Waals surface area (Å²) in [5.41, 5.74) is 5.52. The summed E-state index contributed by atoms with van der Waals surface area (Å²) in [5.74, 6) is 1.25. The van der Waals surface area contributed by atoms with Crippen molar-refractivity contribution in [2.45, 2.75) is 26.2 Å². The summed E-state index contributed by atoms with van der Waals surface area (Å²) in [6.45, 7) is 3.03. The standard InChI is InChI=1S/C9H18N6/c1-3-4-5-6-12-9-14-7(10)13-8(11-2)15-9/h3-6H2,1-2H3,(H4,10,11,12,13,14,15). The van der Waals surface area contributed by atoms with Crippen LogP contribution in [-0.4, -0.2) is 28.5 Å². The highest BCUT2D eigenvalue weighted by molar-refractivity contribution is 5.39. The topological polar surface area (TPSA) is 88.8 Å². The number of nitrogens with one attached hydrogen (secondary N) is 2. The number of unbranched alkanes of at least 4 members (excludes halogenated alkanes) is 2. The molecule has 0 unspecified atom stereocenters. The molecule has 0 amide bonds. The van der Waals surface area contributed by atoms with E-state index in [0.717, 1.165) is 13.0 Å². The average Bonchev–Trinajstić information content (AvgIpc) is 2.23. The Labute approximate surface area is 89.7 Å². The summed E-state index contributed by atoms with van der Waals surface area (Å²) in [6.07, 6.45) is 3.51. The van der Waals surface area contributed by atoms with Crippen LogP contribution in [0, 0.1) is 0 Å². The van der Waals surface area contributed by atoms with Gasteiger partial charge in [-0.2, -0.15) is 15.0 Å². The first-order valence-corrected chi connectivity index (χ1v) is 5.19. The molecule has 1 heterocycles. The molecule has 0 saturated carbocycles. The molecule has 1 aromatic rings. The molecule has 0 spiro atoms. The van der Waals surface area contributed by atoms with Gasteiger partial charge in [-0.15, -0.1) is 0 Å². The zero-order chi connectivity index (χ0) is 11.1. The number of aromatic nitrogens is 3. The Morgan fingerprint density at radius 3 is 2.53 bits per heavy atom. The van der Waals surface area contributed by atoms with Crippen LogP contribution in [0.3, 0.4) is 0 Å². The molecule has 84 valence electrons. The summed E-state index contributed by atoms with van der Waals surface area (Å²) < 4.78 is 0. The van der Waals surface area contributed by atoms with Gasteiger partial charge in [0, 0.05) is 13.6 Å². The molecule has 0 saturated heterocycles. The summed E-state index contributed by atoms with van der Waals surface area (Å²) in [6, 6.07) is 0. The van der Waals surface area contributed by atoms with Crippen molar-refractivity contribution in [3.8, 4) is 0 Å². The molecule has 0 radical (unpaired) electrons. The monoisotopic (exact) mass is 210 g/mol. The minimum Gasteiger partial charge on any atom is -0.368 e. The molecule has 0 aliphatic rings. The quantitative estimate of drug-likeness (QED) is 0.609. The molecule has 6 nitrogen and oxygen atoms in total. The summed E-state index contributed by atoms with van der Waals surface area (Å²) in [7, 11) is 1.75. The van der Waals surface area contributed by atoms with Crippen LogP contribution in [0.4, 0.5) is 17.8 Å². The Hall–Kier alpha value is -1.59. The van der Waals surface area contributed by atoms with Crippen molar-refractivity contribution in [3.05, 3.63) is 0 Å². The molecule has 0 aromatic carbocycles. The number of hydrogen-bond donors (Lipinski definition) is 3. The van der Waals surface area contributed by atoms with Crippen LogP contribution in [0.25, 0.3) is 0 Å². The van der Waals surface area contributed by atoms with Crippen molar-refractivity contribution in [2.24, 2.45) is 0 Å². The molecule has 0 aliphatic heterocycles. The third-order valence-corrected chi connectivity index (χ3v) is 1.94. The molecule has 0 aliphatic carbocycles. The molecule has 1 rings (SSSR count). The predicted molar refractivity (Wildman–Crippen MR) is 61.8 cm³/mol. The molecule has 0 fully saturated rings. The van der Waals surface area contributed by atoms with E-state index in [2.05, 4.69) is 32.5 Å². The van der Waals surface area contributed by atoms with Crippen LogP contribution in [0.1, 0.15) is 26.2 Å². The fourth-order valence-electron chi connectivity index (χ4n) is 1.16. The predicted octanol–water partition coefficient (Wildman–Crippen LogP) is 1.10. The van der Waals surface area contributed by atoms with Gasteiger partial charge in [0.2, 0.25) is 17.8 Å². The fourth-order valence-corrected chi connectivity index (χ4v) is 1.16. The highest BCUT2D eigenvalue weighted by Crippen LogP contribution is 2.06. The minimum absolute atomic E-state index is 0.229. The van der Waals surface area contributed by atoms with Gasteiger partial charge in [-0.25, -0.2) is 0 Å². The van der Waals surface area contributed by atoms with E-state index in [4.69, 9.17) is 5.73 Å². The number of nitrogens with zero attached hydrogens (tertiary/aromatic N) is 3.